The summed E-state index contributed by atoms with van der Waals surface area (Å²) >= 11 is 6.33. The van der Waals surface area contributed by atoms with Crippen LogP contribution in [0.2, 0.25) is 5.02 Å². The van der Waals surface area contributed by atoms with E-state index in [4.69, 9.17) is 17.3 Å². The molecule has 1 heterocycles. The molecule has 1 unspecified atom stereocenters. The second-order valence-corrected chi connectivity index (χ2v) is 5.64. The van der Waals surface area contributed by atoms with Crippen LogP contribution in [-0.4, -0.2) is 16.3 Å². The van der Waals surface area contributed by atoms with Crippen LogP contribution in [0.3, 0.4) is 0 Å². The Labute approximate surface area is 129 Å². The monoisotopic (exact) mass is 309 g/mol. The molecule has 0 radical (unpaired) electrons. The molecule has 0 aliphatic rings. The van der Waals surface area contributed by atoms with Crippen molar-refractivity contribution in [2.45, 2.75) is 33.2 Å². The van der Waals surface area contributed by atoms with Gasteiger partial charge in [-0.2, -0.15) is 5.10 Å². The molecule has 21 heavy (non-hydrogen) atoms. The Hall–Kier alpha value is -1.39. The summed E-state index contributed by atoms with van der Waals surface area (Å²) in [6.45, 7) is 5.17. The molecule has 1 atom stereocenters. The number of aryl methyl sites for hydroxylation is 2. The second-order valence-electron chi connectivity index (χ2n) is 5.26. The van der Waals surface area contributed by atoms with Crippen molar-refractivity contribution >= 4 is 11.6 Å². The molecular formula is C16H21ClFN3. The van der Waals surface area contributed by atoms with Crippen LogP contribution in [0.1, 0.15) is 23.9 Å². The highest BCUT2D eigenvalue weighted by Gasteiger charge is 2.18. The lowest BCUT2D eigenvalue weighted by Gasteiger charge is -2.16. The minimum Gasteiger partial charge on any atom is -0.330 e. The summed E-state index contributed by atoms with van der Waals surface area (Å²) < 4.78 is 15.7. The molecule has 0 aliphatic heterocycles. The predicted octanol–water partition coefficient (Wildman–Crippen LogP) is 3.36. The zero-order valence-corrected chi connectivity index (χ0v) is 13.2. The lowest BCUT2D eigenvalue weighted by Crippen LogP contribution is -2.21. The van der Waals surface area contributed by atoms with Crippen LogP contribution in [-0.2, 0) is 19.4 Å². The quantitative estimate of drug-likeness (QED) is 0.889. The maximum atomic E-state index is 13.8. The van der Waals surface area contributed by atoms with Crippen LogP contribution in [0.4, 0.5) is 4.39 Å². The van der Waals surface area contributed by atoms with Crippen molar-refractivity contribution in [1.29, 1.82) is 0 Å². The van der Waals surface area contributed by atoms with Gasteiger partial charge in [-0.25, -0.2) is 4.39 Å². The Morgan fingerprint density at radius 3 is 2.67 bits per heavy atom. The fourth-order valence-electron chi connectivity index (χ4n) is 2.55. The van der Waals surface area contributed by atoms with E-state index in [1.165, 1.54) is 6.07 Å². The zero-order valence-electron chi connectivity index (χ0n) is 12.4. The molecule has 1 aromatic carbocycles. The highest BCUT2D eigenvalue weighted by molar-refractivity contribution is 6.31. The van der Waals surface area contributed by atoms with Crippen LogP contribution in [0.25, 0.3) is 0 Å². The average molecular weight is 310 g/mol. The molecule has 2 aromatic rings. The molecule has 0 amide bonds. The lowest BCUT2D eigenvalue weighted by atomic mass is 9.94. The van der Waals surface area contributed by atoms with Gasteiger partial charge >= 0.3 is 0 Å². The number of nitrogens with zero attached hydrogens (tertiary/aromatic N) is 2. The van der Waals surface area contributed by atoms with Crippen molar-refractivity contribution in [1.82, 2.24) is 9.78 Å². The Morgan fingerprint density at radius 2 is 2.05 bits per heavy atom. The van der Waals surface area contributed by atoms with E-state index in [9.17, 15) is 4.39 Å². The molecule has 0 bridgehead atoms. The highest BCUT2D eigenvalue weighted by Crippen LogP contribution is 2.24. The molecule has 0 saturated heterocycles. The topological polar surface area (TPSA) is 43.8 Å². The molecule has 0 spiro atoms. The smallest absolute Gasteiger partial charge is 0.126 e. The standard InChI is InChI=1S/C16H21ClFN3/c1-3-21-15(16(17)11(2)20-21)9-12(10-19)8-13-6-4-5-7-14(13)18/h4-7,12H,3,8-10,19H2,1-2H3. The molecule has 1 aromatic heterocycles. The van der Waals surface area contributed by atoms with Crippen molar-refractivity contribution in [3.05, 3.63) is 52.1 Å². The first-order valence-corrected chi connectivity index (χ1v) is 7.59. The van der Waals surface area contributed by atoms with Gasteiger partial charge in [-0.3, -0.25) is 4.68 Å². The highest BCUT2D eigenvalue weighted by atomic mass is 35.5. The first-order valence-electron chi connectivity index (χ1n) is 7.22. The summed E-state index contributed by atoms with van der Waals surface area (Å²) in [6.07, 6.45) is 1.31. The van der Waals surface area contributed by atoms with Gasteiger partial charge in [0.15, 0.2) is 0 Å². The first-order chi connectivity index (χ1) is 10.1. The summed E-state index contributed by atoms with van der Waals surface area (Å²) in [4.78, 5) is 0. The predicted molar refractivity (Wildman–Crippen MR) is 84.0 cm³/mol. The van der Waals surface area contributed by atoms with Gasteiger partial charge in [-0.1, -0.05) is 29.8 Å². The molecule has 114 valence electrons. The minimum absolute atomic E-state index is 0.140. The Bertz CT molecular complexity index is 610. The van der Waals surface area contributed by atoms with Gasteiger partial charge in [-0.05, 0) is 50.8 Å². The maximum absolute atomic E-state index is 13.8. The molecule has 2 N–H and O–H groups in total. The van der Waals surface area contributed by atoms with Crippen LogP contribution in [0.5, 0.6) is 0 Å². The van der Waals surface area contributed by atoms with Crippen molar-refractivity contribution in [3.63, 3.8) is 0 Å². The maximum Gasteiger partial charge on any atom is 0.126 e. The van der Waals surface area contributed by atoms with Crippen LogP contribution in [0.15, 0.2) is 24.3 Å². The van der Waals surface area contributed by atoms with Gasteiger partial charge in [0.05, 0.1) is 16.4 Å². The Balaban J connectivity index is 2.18. The van der Waals surface area contributed by atoms with Crippen LogP contribution < -0.4 is 5.73 Å². The number of aromatic nitrogens is 2. The van der Waals surface area contributed by atoms with E-state index in [1.54, 1.807) is 6.07 Å². The van der Waals surface area contributed by atoms with E-state index in [2.05, 4.69) is 5.10 Å². The number of benzene rings is 1. The molecule has 0 saturated carbocycles. The third-order valence-corrected chi connectivity index (χ3v) is 4.23. The molecule has 2 rings (SSSR count). The number of hydrogen-bond donors (Lipinski definition) is 1. The fraction of sp³-hybridized carbons (Fsp3) is 0.438. The van der Waals surface area contributed by atoms with Gasteiger partial charge in [0.1, 0.15) is 5.82 Å². The molecule has 5 heteroatoms. The van der Waals surface area contributed by atoms with E-state index in [0.29, 0.717) is 30.0 Å². The van der Waals surface area contributed by atoms with Gasteiger partial charge in [0, 0.05) is 6.54 Å². The normalized spacial score (nSPS) is 12.6. The second kappa shape index (κ2) is 7.05. The van der Waals surface area contributed by atoms with E-state index in [1.807, 2.05) is 30.7 Å². The van der Waals surface area contributed by atoms with Crippen molar-refractivity contribution in [3.8, 4) is 0 Å². The summed E-state index contributed by atoms with van der Waals surface area (Å²) in [7, 11) is 0. The SMILES string of the molecule is CCn1nc(C)c(Cl)c1CC(CN)Cc1ccccc1F. The molecule has 0 aliphatic carbocycles. The van der Waals surface area contributed by atoms with Gasteiger partial charge in [0.25, 0.3) is 0 Å². The van der Waals surface area contributed by atoms with E-state index < -0.39 is 0 Å². The van der Waals surface area contributed by atoms with E-state index in [-0.39, 0.29) is 11.7 Å². The minimum atomic E-state index is -0.178. The summed E-state index contributed by atoms with van der Waals surface area (Å²) in [5.74, 6) is -0.0389. The third kappa shape index (κ3) is 3.63. The fourth-order valence-corrected chi connectivity index (χ4v) is 2.76. The van der Waals surface area contributed by atoms with Crippen molar-refractivity contribution in [2.75, 3.05) is 6.54 Å². The number of nitrogens with two attached hydrogens (primary N) is 1. The van der Waals surface area contributed by atoms with Crippen LogP contribution in [0, 0.1) is 18.7 Å². The zero-order chi connectivity index (χ0) is 15.4. The molecular weight excluding hydrogens is 289 g/mol. The van der Waals surface area contributed by atoms with Crippen LogP contribution >= 0.6 is 11.6 Å². The molecule has 3 nitrogen and oxygen atoms in total. The molecule has 0 fully saturated rings. The Kier molecular flexibility index (Phi) is 5.37. The van der Waals surface area contributed by atoms with Gasteiger partial charge < -0.3 is 5.73 Å². The number of hydrogen-bond acceptors (Lipinski definition) is 2. The van der Waals surface area contributed by atoms with E-state index >= 15 is 0 Å². The van der Waals surface area contributed by atoms with Crippen molar-refractivity contribution in [2.24, 2.45) is 11.7 Å². The number of halogens is 2. The largest absolute Gasteiger partial charge is 0.330 e. The number of rotatable bonds is 6. The van der Waals surface area contributed by atoms with Gasteiger partial charge in [-0.15, -0.1) is 0 Å². The van der Waals surface area contributed by atoms with E-state index in [0.717, 1.165) is 17.9 Å². The lowest BCUT2D eigenvalue weighted by molar-refractivity contribution is 0.486. The van der Waals surface area contributed by atoms with Gasteiger partial charge in [0.2, 0.25) is 0 Å². The summed E-state index contributed by atoms with van der Waals surface area (Å²) in [5, 5.41) is 5.11. The average Bonchev–Trinajstić information content (AvgIpc) is 2.76. The Morgan fingerprint density at radius 1 is 1.33 bits per heavy atom. The first kappa shape index (κ1) is 16.0. The summed E-state index contributed by atoms with van der Waals surface area (Å²) in [6, 6.07) is 6.83. The summed E-state index contributed by atoms with van der Waals surface area (Å²) in [5.41, 5.74) is 8.39. The third-order valence-electron chi connectivity index (χ3n) is 3.73. The van der Waals surface area contributed by atoms with Crippen molar-refractivity contribution < 1.29 is 4.39 Å².